The Balaban J connectivity index is 1.72. The number of hydrogen-bond donors (Lipinski definition) is 0. The average Bonchev–Trinajstić information content (AvgIpc) is 2.79. The van der Waals surface area contributed by atoms with Gasteiger partial charge in [0.15, 0.2) is 0 Å². The second-order valence-electron chi connectivity index (χ2n) is 7.44. The maximum atomic E-state index is 12.9. The molecule has 158 valence electrons. The number of para-hydroxylation sites is 1. The molecule has 2 aromatic carbocycles. The van der Waals surface area contributed by atoms with E-state index in [1.807, 2.05) is 30.3 Å². The molecular formula is C24H27NO5. The van der Waals surface area contributed by atoms with E-state index in [-0.39, 0.29) is 19.1 Å². The summed E-state index contributed by atoms with van der Waals surface area (Å²) in [6.45, 7) is 2.94. The first kappa shape index (κ1) is 21.6. The van der Waals surface area contributed by atoms with Gasteiger partial charge in [-0.1, -0.05) is 48.5 Å². The second-order valence-corrected chi connectivity index (χ2v) is 7.44. The van der Waals surface area contributed by atoms with Crippen molar-refractivity contribution < 1.29 is 23.9 Å². The number of nitrogens with zero attached hydrogens (tertiary/aromatic N) is 1. The highest BCUT2D eigenvalue weighted by Gasteiger charge is 2.45. The summed E-state index contributed by atoms with van der Waals surface area (Å²) in [5, 5.41) is 0. The van der Waals surface area contributed by atoms with Crippen LogP contribution in [0.25, 0.3) is 0 Å². The number of ether oxygens (including phenoxy) is 2. The quantitative estimate of drug-likeness (QED) is 0.379. The minimum atomic E-state index is -0.879. The number of carbonyl (C=O) groups is 3. The Hall–Kier alpha value is -3.15. The van der Waals surface area contributed by atoms with Gasteiger partial charge in [0.2, 0.25) is 5.78 Å². The van der Waals surface area contributed by atoms with Crippen LogP contribution < -0.4 is 4.74 Å². The van der Waals surface area contributed by atoms with Crippen LogP contribution in [0.1, 0.15) is 36.5 Å². The standard InChI is InChI=1S/C24H27NO5/c1-2-29-23(28)24(15-17-30-20-12-7-4-8-13-20)14-9-16-25(18-24)22(27)21(26)19-10-5-3-6-11-19/h3-8,10-13H,2,9,14-18H2,1H3. The molecule has 1 fully saturated rings. The fourth-order valence-corrected chi connectivity index (χ4v) is 3.80. The molecule has 0 radical (unpaired) electrons. The van der Waals surface area contributed by atoms with Crippen molar-refractivity contribution in [3.8, 4) is 5.75 Å². The van der Waals surface area contributed by atoms with Crippen molar-refractivity contribution in [3.63, 3.8) is 0 Å². The lowest BCUT2D eigenvalue weighted by molar-refractivity contribution is -0.161. The maximum absolute atomic E-state index is 12.9. The number of piperidine rings is 1. The van der Waals surface area contributed by atoms with Crippen LogP contribution in [-0.2, 0) is 14.3 Å². The number of hydrogen-bond acceptors (Lipinski definition) is 5. The molecule has 1 aliphatic rings. The molecule has 0 aliphatic carbocycles. The highest BCUT2D eigenvalue weighted by atomic mass is 16.5. The van der Waals surface area contributed by atoms with Crippen molar-refractivity contribution in [3.05, 3.63) is 66.2 Å². The number of benzene rings is 2. The third-order valence-corrected chi connectivity index (χ3v) is 5.40. The number of Topliss-reactive ketones (excluding diaryl/α,β-unsaturated/α-hetero) is 1. The van der Waals surface area contributed by atoms with Gasteiger partial charge >= 0.3 is 5.97 Å². The van der Waals surface area contributed by atoms with Gasteiger partial charge in [0, 0.05) is 18.7 Å². The Morgan fingerprint density at radius 2 is 1.67 bits per heavy atom. The molecule has 0 aromatic heterocycles. The summed E-state index contributed by atoms with van der Waals surface area (Å²) in [7, 11) is 0. The molecule has 1 unspecified atom stereocenters. The van der Waals surface area contributed by atoms with Gasteiger partial charge in [-0.25, -0.2) is 0 Å². The minimum Gasteiger partial charge on any atom is -0.494 e. The smallest absolute Gasteiger partial charge is 0.314 e. The summed E-state index contributed by atoms with van der Waals surface area (Å²) < 4.78 is 11.1. The van der Waals surface area contributed by atoms with E-state index in [2.05, 4.69) is 0 Å². The highest BCUT2D eigenvalue weighted by molar-refractivity contribution is 6.42. The van der Waals surface area contributed by atoms with Gasteiger partial charge in [-0.2, -0.15) is 0 Å². The molecule has 1 atom stereocenters. The van der Waals surface area contributed by atoms with Gasteiger partial charge in [-0.15, -0.1) is 0 Å². The highest BCUT2D eigenvalue weighted by Crippen LogP contribution is 2.35. The predicted molar refractivity (Wildman–Crippen MR) is 112 cm³/mol. The largest absolute Gasteiger partial charge is 0.494 e. The van der Waals surface area contributed by atoms with E-state index in [9.17, 15) is 14.4 Å². The topological polar surface area (TPSA) is 72.9 Å². The monoisotopic (exact) mass is 409 g/mol. The molecule has 3 rings (SSSR count). The van der Waals surface area contributed by atoms with Crippen LogP contribution in [0, 0.1) is 5.41 Å². The third kappa shape index (κ3) is 5.06. The summed E-state index contributed by atoms with van der Waals surface area (Å²) in [4.78, 5) is 39.8. The van der Waals surface area contributed by atoms with E-state index >= 15 is 0 Å². The Kier molecular flexibility index (Phi) is 7.22. The van der Waals surface area contributed by atoms with Crippen LogP contribution in [0.4, 0.5) is 0 Å². The van der Waals surface area contributed by atoms with E-state index in [1.165, 1.54) is 4.90 Å². The van der Waals surface area contributed by atoms with Crippen LogP contribution in [-0.4, -0.2) is 48.9 Å². The molecule has 1 aliphatic heterocycles. The van der Waals surface area contributed by atoms with Gasteiger partial charge < -0.3 is 14.4 Å². The van der Waals surface area contributed by atoms with Crippen LogP contribution in [0.5, 0.6) is 5.75 Å². The SMILES string of the molecule is CCOC(=O)C1(CCOc2ccccc2)CCCN(C(=O)C(=O)c2ccccc2)C1. The zero-order valence-electron chi connectivity index (χ0n) is 17.2. The van der Waals surface area contributed by atoms with Crippen LogP contribution in [0.15, 0.2) is 60.7 Å². The normalized spacial score (nSPS) is 18.5. The molecule has 6 heteroatoms. The fourth-order valence-electron chi connectivity index (χ4n) is 3.80. The Labute approximate surface area is 176 Å². The predicted octanol–water partition coefficient (Wildman–Crippen LogP) is 3.51. The van der Waals surface area contributed by atoms with Crippen molar-refractivity contribution in [1.82, 2.24) is 4.90 Å². The fraction of sp³-hybridized carbons (Fsp3) is 0.375. The Morgan fingerprint density at radius 3 is 2.33 bits per heavy atom. The van der Waals surface area contributed by atoms with Gasteiger partial charge in [0.25, 0.3) is 5.91 Å². The lowest BCUT2D eigenvalue weighted by Crippen LogP contribution is -2.52. The molecule has 0 bridgehead atoms. The van der Waals surface area contributed by atoms with E-state index in [0.29, 0.717) is 38.0 Å². The Morgan fingerprint density at radius 1 is 1.00 bits per heavy atom. The summed E-state index contributed by atoms with van der Waals surface area (Å²) >= 11 is 0. The zero-order chi connectivity index (χ0) is 21.4. The van der Waals surface area contributed by atoms with Crippen molar-refractivity contribution in [2.75, 3.05) is 26.3 Å². The number of rotatable bonds is 8. The zero-order valence-corrected chi connectivity index (χ0v) is 17.2. The van der Waals surface area contributed by atoms with E-state index in [0.717, 1.165) is 5.75 Å². The number of ketones is 1. The maximum Gasteiger partial charge on any atom is 0.314 e. The Bertz CT molecular complexity index is 868. The number of carbonyl (C=O) groups excluding carboxylic acids is 3. The summed E-state index contributed by atoms with van der Waals surface area (Å²) in [5.41, 5.74) is -0.530. The lowest BCUT2D eigenvalue weighted by Gasteiger charge is -2.40. The van der Waals surface area contributed by atoms with Gasteiger partial charge in [-0.05, 0) is 38.3 Å². The summed E-state index contributed by atoms with van der Waals surface area (Å²) in [6, 6.07) is 17.9. The van der Waals surface area contributed by atoms with E-state index in [4.69, 9.17) is 9.47 Å². The minimum absolute atomic E-state index is 0.154. The molecule has 6 nitrogen and oxygen atoms in total. The molecule has 0 N–H and O–H groups in total. The average molecular weight is 409 g/mol. The number of amides is 1. The summed E-state index contributed by atoms with van der Waals surface area (Å²) in [6.07, 6.45) is 1.62. The van der Waals surface area contributed by atoms with Gasteiger partial charge in [0.05, 0.1) is 18.6 Å². The van der Waals surface area contributed by atoms with Crippen molar-refractivity contribution in [1.29, 1.82) is 0 Å². The molecule has 1 saturated heterocycles. The van der Waals surface area contributed by atoms with Crippen LogP contribution in [0.2, 0.25) is 0 Å². The molecule has 30 heavy (non-hydrogen) atoms. The van der Waals surface area contributed by atoms with Crippen molar-refractivity contribution in [2.45, 2.75) is 26.2 Å². The molecule has 1 amide bonds. The van der Waals surface area contributed by atoms with Gasteiger partial charge in [-0.3, -0.25) is 14.4 Å². The lowest BCUT2D eigenvalue weighted by atomic mass is 9.77. The summed E-state index contributed by atoms with van der Waals surface area (Å²) in [5.74, 6) is -0.764. The first-order chi connectivity index (χ1) is 14.6. The van der Waals surface area contributed by atoms with Gasteiger partial charge in [0.1, 0.15) is 5.75 Å². The first-order valence-electron chi connectivity index (χ1n) is 10.3. The van der Waals surface area contributed by atoms with Crippen LogP contribution >= 0.6 is 0 Å². The molecule has 0 spiro atoms. The number of esters is 1. The molecule has 1 heterocycles. The van der Waals surface area contributed by atoms with E-state index < -0.39 is 17.1 Å². The van der Waals surface area contributed by atoms with E-state index in [1.54, 1.807) is 37.3 Å². The molecule has 0 saturated carbocycles. The third-order valence-electron chi connectivity index (χ3n) is 5.40. The molecular weight excluding hydrogens is 382 g/mol. The molecule has 2 aromatic rings. The second kappa shape index (κ2) is 10.1. The number of likely N-dealkylation sites (tertiary alicyclic amines) is 1. The van der Waals surface area contributed by atoms with Crippen molar-refractivity contribution >= 4 is 17.7 Å². The van der Waals surface area contributed by atoms with Crippen LogP contribution in [0.3, 0.4) is 0 Å². The van der Waals surface area contributed by atoms with Crippen molar-refractivity contribution in [2.24, 2.45) is 5.41 Å². The first-order valence-corrected chi connectivity index (χ1v) is 10.3.